The molecule has 4 nitrogen and oxygen atoms in total. The summed E-state index contributed by atoms with van der Waals surface area (Å²) < 4.78 is 5.76. The number of ether oxygens (including phenoxy) is 1. The molecular weight excluding hydrogens is 344 g/mol. The number of aromatic nitrogens is 1. The summed E-state index contributed by atoms with van der Waals surface area (Å²) in [5, 5.41) is 5.47. The molecule has 2 aromatic carbocycles. The van der Waals surface area contributed by atoms with Gasteiger partial charge in [-0.1, -0.05) is 35.9 Å². The number of hydrogen-bond donors (Lipinski definition) is 1. The van der Waals surface area contributed by atoms with E-state index in [1.165, 1.54) is 11.3 Å². The molecule has 0 radical (unpaired) electrons. The second-order valence-electron chi connectivity index (χ2n) is 5.12. The lowest BCUT2D eigenvalue weighted by Gasteiger charge is -2.12. The number of para-hydroxylation sites is 2. The summed E-state index contributed by atoms with van der Waals surface area (Å²) in [4.78, 5) is 16.4. The molecule has 24 heavy (non-hydrogen) atoms. The summed E-state index contributed by atoms with van der Waals surface area (Å²) in [7, 11) is 0. The number of benzene rings is 2. The van der Waals surface area contributed by atoms with Gasteiger partial charge in [0.05, 0.1) is 23.3 Å². The first-order valence-electron chi connectivity index (χ1n) is 7.34. The van der Waals surface area contributed by atoms with Gasteiger partial charge < -0.3 is 10.1 Å². The van der Waals surface area contributed by atoms with Crippen molar-refractivity contribution in [1.82, 2.24) is 4.98 Å². The molecule has 6 heteroatoms. The molecule has 0 aliphatic rings. The van der Waals surface area contributed by atoms with E-state index in [-0.39, 0.29) is 12.3 Å². The summed E-state index contributed by atoms with van der Waals surface area (Å²) in [6, 6.07) is 14.6. The Morgan fingerprint density at radius 3 is 2.71 bits per heavy atom. The van der Waals surface area contributed by atoms with Crippen LogP contribution >= 0.6 is 22.9 Å². The number of anilines is 1. The minimum absolute atomic E-state index is 0.109. The highest BCUT2D eigenvalue weighted by molar-refractivity contribution is 7.07. The Labute approximate surface area is 149 Å². The Morgan fingerprint density at radius 1 is 1.17 bits per heavy atom. The molecule has 3 aromatic rings. The van der Waals surface area contributed by atoms with E-state index in [2.05, 4.69) is 10.3 Å². The lowest BCUT2D eigenvalue weighted by Crippen LogP contribution is -2.15. The predicted octanol–water partition coefficient (Wildman–Crippen LogP) is 4.56. The van der Waals surface area contributed by atoms with Crippen molar-refractivity contribution in [2.75, 3.05) is 5.32 Å². The first-order chi connectivity index (χ1) is 11.7. The zero-order valence-corrected chi connectivity index (χ0v) is 14.3. The Balaban J connectivity index is 1.63. The van der Waals surface area contributed by atoms with E-state index in [1.54, 1.807) is 17.6 Å². The van der Waals surface area contributed by atoms with Gasteiger partial charge in [-0.2, -0.15) is 0 Å². The highest BCUT2D eigenvalue weighted by atomic mass is 35.5. The SMILES string of the molecule is O=C(Cc1ccc(Cl)cc1)Nc1ccccc1OCc1cscn1. The Hall–Kier alpha value is -2.37. The minimum atomic E-state index is -0.109. The van der Waals surface area contributed by atoms with Gasteiger partial charge >= 0.3 is 0 Å². The molecule has 1 amide bonds. The lowest BCUT2D eigenvalue weighted by molar-refractivity contribution is -0.115. The van der Waals surface area contributed by atoms with Gasteiger partial charge in [0.1, 0.15) is 12.4 Å². The first kappa shape index (κ1) is 16.5. The van der Waals surface area contributed by atoms with Crippen LogP contribution < -0.4 is 10.1 Å². The molecule has 0 unspecified atom stereocenters. The van der Waals surface area contributed by atoms with Crippen molar-refractivity contribution >= 4 is 34.5 Å². The van der Waals surface area contributed by atoms with Crippen LogP contribution in [0.3, 0.4) is 0 Å². The van der Waals surface area contributed by atoms with Crippen LogP contribution in [0.5, 0.6) is 5.75 Å². The summed E-state index contributed by atoms with van der Waals surface area (Å²) in [5.74, 6) is 0.511. The number of nitrogens with zero attached hydrogens (tertiary/aromatic N) is 1. The van der Waals surface area contributed by atoms with E-state index in [1.807, 2.05) is 41.8 Å². The molecular formula is C18H15ClN2O2S. The van der Waals surface area contributed by atoms with E-state index in [4.69, 9.17) is 16.3 Å². The highest BCUT2D eigenvalue weighted by Gasteiger charge is 2.09. The van der Waals surface area contributed by atoms with Crippen molar-refractivity contribution in [1.29, 1.82) is 0 Å². The average molecular weight is 359 g/mol. The van der Waals surface area contributed by atoms with Crippen molar-refractivity contribution in [3.8, 4) is 5.75 Å². The number of thiazole rings is 1. The quantitative estimate of drug-likeness (QED) is 0.703. The highest BCUT2D eigenvalue weighted by Crippen LogP contribution is 2.25. The summed E-state index contributed by atoms with van der Waals surface area (Å²) in [6.45, 7) is 0.369. The van der Waals surface area contributed by atoms with Crippen LogP contribution in [0.25, 0.3) is 0 Å². The van der Waals surface area contributed by atoms with Gasteiger partial charge in [-0.3, -0.25) is 4.79 Å². The topological polar surface area (TPSA) is 51.2 Å². The summed E-state index contributed by atoms with van der Waals surface area (Å²) in [5.41, 5.74) is 4.17. The lowest BCUT2D eigenvalue weighted by atomic mass is 10.1. The Morgan fingerprint density at radius 2 is 1.96 bits per heavy atom. The van der Waals surface area contributed by atoms with Gasteiger partial charge in [0.15, 0.2) is 0 Å². The number of carbonyl (C=O) groups is 1. The van der Waals surface area contributed by atoms with Crippen LogP contribution in [-0.2, 0) is 17.8 Å². The Bertz CT molecular complexity index is 804. The van der Waals surface area contributed by atoms with Crippen LogP contribution in [0.1, 0.15) is 11.3 Å². The fourth-order valence-electron chi connectivity index (χ4n) is 2.14. The number of amides is 1. The van der Waals surface area contributed by atoms with Gasteiger partial charge in [-0.25, -0.2) is 4.98 Å². The predicted molar refractivity (Wildman–Crippen MR) is 96.7 cm³/mol. The normalized spacial score (nSPS) is 10.4. The maximum absolute atomic E-state index is 12.2. The van der Waals surface area contributed by atoms with Crippen molar-refractivity contribution in [3.63, 3.8) is 0 Å². The number of halogens is 1. The molecule has 0 saturated carbocycles. The monoisotopic (exact) mass is 358 g/mol. The molecule has 1 aromatic heterocycles. The number of rotatable bonds is 6. The van der Waals surface area contributed by atoms with E-state index in [0.717, 1.165) is 11.3 Å². The van der Waals surface area contributed by atoms with Gasteiger partial charge in [0.2, 0.25) is 5.91 Å². The maximum atomic E-state index is 12.2. The second-order valence-corrected chi connectivity index (χ2v) is 6.27. The second kappa shape index (κ2) is 7.95. The third-order valence-electron chi connectivity index (χ3n) is 3.30. The molecule has 1 N–H and O–H groups in total. The third kappa shape index (κ3) is 4.57. The van der Waals surface area contributed by atoms with Crippen molar-refractivity contribution in [2.24, 2.45) is 0 Å². The van der Waals surface area contributed by atoms with Gasteiger partial charge in [-0.05, 0) is 29.8 Å². The van der Waals surface area contributed by atoms with Crippen LogP contribution in [0.2, 0.25) is 5.02 Å². The summed E-state index contributed by atoms with van der Waals surface area (Å²) in [6.07, 6.45) is 0.275. The zero-order valence-electron chi connectivity index (χ0n) is 12.7. The van der Waals surface area contributed by atoms with Gasteiger partial charge in [0, 0.05) is 10.4 Å². The molecule has 0 spiro atoms. The first-order valence-corrected chi connectivity index (χ1v) is 8.66. The molecule has 0 saturated heterocycles. The maximum Gasteiger partial charge on any atom is 0.228 e. The van der Waals surface area contributed by atoms with Crippen LogP contribution in [0.15, 0.2) is 59.4 Å². The number of hydrogen-bond acceptors (Lipinski definition) is 4. The average Bonchev–Trinajstić information content (AvgIpc) is 3.10. The van der Waals surface area contributed by atoms with Gasteiger partial charge in [0.25, 0.3) is 0 Å². The molecule has 0 aliphatic carbocycles. The van der Waals surface area contributed by atoms with E-state index in [0.29, 0.717) is 23.1 Å². The standard InChI is InChI=1S/C18H15ClN2O2S/c19-14-7-5-13(6-8-14)9-18(22)21-16-3-1-2-4-17(16)23-10-15-11-24-12-20-15/h1-8,11-12H,9-10H2,(H,21,22). The van der Waals surface area contributed by atoms with Crippen LogP contribution in [-0.4, -0.2) is 10.9 Å². The number of carbonyl (C=O) groups excluding carboxylic acids is 1. The Kier molecular flexibility index (Phi) is 5.46. The molecule has 1 heterocycles. The molecule has 0 fully saturated rings. The smallest absolute Gasteiger partial charge is 0.228 e. The number of nitrogens with one attached hydrogen (secondary N) is 1. The summed E-state index contributed by atoms with van der Waals surface area (Å²) >= 11 is 7.38. The van der Waals surface area contributed by atoms with Crippen molar-refractivity contribution in [2.45, 2.75) is 13.0 Å². The zero-order chi connectivity index (χ0) is 16.8. The van der Waals surface area contributed by atoms with Gasteiger partial charge in [-0.15, -0.1) is 11.3 Å². The molecule has 122 valence electrons. The van der Waals surface area contributed by atoms with Crippen LogP contribution in [0, 0.1) is 0 Å². The van der Waals surface area contributed by atoms with E-state index < -0.39 is 0 Å². The molecule has 0 atom stereocenters. The fraction of sp³-hybridized carbons (Fsp3) is 0.111. The largest absolute Gasteiger partial charge is 0.485 e. The van der Waals surface area contributed by atoms with E-state index in [9.17, 15) is 4.79 Å². The minimum Gasteiger partial charge on any atom is -0.485 e. The van der Waals surface area contributed by atoms with Crippen LogP contribution in [0.4, 0.5) is 5.69 Å². The molecule has 0 aliphatic heterocycles. The third-order valence-corrected chi connectivity index (χ3v) is 4.19. The van der Waals surface area contributed by atoms with E-state index >= 15 is 0 Å². The molecule has 0 bridgehead atoms. The molecule has 3 rings (SSSR count). The van der Waals surface area contributed by atoms with Crippen molar-refractivity contribution in [3.05, 3.63) is 75.7 Å². The fourth-order valence-corrected chi connectivity index (χ4v) is 2.81. The van der Waals surface area contributed by atoms with Crippen molar-refractivity contribution < 1.29 is 9.53 Å².